The van der Waals surface area contributed by atoms with Gasteiger partial charge in [-0.25, -0.2) is 0 Å². The van der Waals surface area contributed by atoms with Crippen molar-refractivity contribution in [3.05, 3.63) is 72.9 Å². The molecule has 0 saturated carbocycles. The predicted octanol–water partition coefficient (Wildman–Crippen LogP) is 21.7. The Hall–Kier alpha value is -3.15. The third-order valence-electron chi connectivity index (χ3n) is 14.0. The number of allylic oxidation sites excluding steroid dienone is 12. The fourth-order valence-electron chi connectivity index (χ4n) is 9.21. The maximum atomic E-state index is 12.8. The summed E-state index contributed by atoms with van der Waals surface area (Å²) in [6, 6.07) is 0. The van der Waals surface area contributed by atoms with Crippen molar-refractivity contribution in [2.75, 3.05) is 13.2 Å². The molecule has 0 aliphatic heterocycles. The normalized spacial score (nSPS) is 12.5. The predicted molar refractivity (Wildman–Crippen MR) is 321 cm³/mol. The first-order valence-corrected chi connectivity index (χ1v) is 31.9. The molecule has 0 radical (unpaired) electrons. The summed E-state index contributed by atoms with van der Waals surface area (Å²) in [5.74, 6) is -0.856. The molecule has 0 saturated heterocycles. The Morgan fingerprint density at radius 1 is 0.284 bits per heavy atom. The molecule has 0 fully saturated rings. The van der Waals surface area contributed by atoms with E-state index in [0.29, 0.717) is 19.3 Å². The van der Waals surface area contributed by atoms with Gasteiger partial charge in [0.25, 0.3) is 0 Å². The van der Waals surface area contributed by atoms with Crippen molar-refractivity contribution in [1.82, 2.24) is 0 Å². The molecule has 0 rings (SSSR count). The summed E-state index contributed by atoms with van der Waals surface area (Å²) in [5, 5.41) is 0. The summed E-state index contributed by atoms with van der Waals surface area (Å²) in [6.45, 7) is 6.55. The number of unbranched alkanes of at least 4 members (excludes halogenated alkanes) is 35. The van der Waals surface area contributed by atoms with Gasteiger partial charge < -0.3 is 14.2 Å². The SMILES string of the molecule is CC/C=C\C/C=C\C/C=C\C/C=C\C/C=C\C/C=C\CCCCCCCCCCCCCCC(=O)OCC(COC(=O)CCCCCCCCCCCCCC)OC(=O)CCCCCCCCCCCCCCC. The summed E-state index contributed by atoms with van der Waals surface area (Å²) >= 11 is 0. The van der Waals surface area contributed by atoms with E-state index in [9.17, 15) is 14.4 Å². The van der Waals surface area contributed by atoms with Crippen molar-refractivity contribution < 1.29 is 28.6 Å². The smallest absolute Gasteiger partial charge is 0.306 e. The molecular formula is C68H120O6. The zero-order valence-corrected chi connectivity index (χ0v) is 49.1. The lowest BCUT2D eigenvalue weighted by molar-refractivity contribution is -0.167. The van der Waals surface area contributed by atoms with Gasteiger partial charge in [-0.1, -0.05) is 306 Å². The van der Waals surface area contributed by atoms with Crippen LogP contribution < -0.4 is 0 Å². The minimum atomic E-state index is -0.771. The molecule has 428 valence electrons. The van der Waals surface area contributed by atoms with Crippen molar-refractivity contribution >= 4 is 17.9 Å². The number of carbonyl (C=O) groups is 3. The summed E-state index contributed by atoms with van der Waals surface area (Å²) in [7, 11) is 0. The molecule has 74 heavy (non-hydrogen) atoms. The van der Waals surface area contributed by atoms with Crippen molar-refractivity contribution in [2.24, 2.45) is 0 Å². The van der Waals surface area contributed by atoms with Gasteiger partial charge in [-0.05, 0) is 70.6 Å². The summed E-state index contributed by atoms with van der Waals surface area (Å²) in [4.78, 5) is 38.2. The second kappa shape index (κ2) is 62.4. The van der Waals surface area contributed by atoms with Crippen LogP contribution in [0.5, 0.6) is 0 Å². The maximum Gasteiger partial charge on any atom is 0.306 e. The molecule has 0 aromatic rings. The molecular weight excluding hydrogens is 913 g/mol. The van der Waals surface area contributed by atoms with Crippen LogP contribution in [-0.2, 0) is 28.6 Å². The Morgan fingerprint density at radius 3 is 0.824 bits per heavy atom. The molecule has 1 unspecified atom stereocenters. The zero-order valence-electron chi connectivity index (χ0n) is 49.1. The van der Waals surface area contributed by atoms with Gasteiger partial charge in [0.2, 0.25) is 0 Å². The third kappa shape index (κ3) is 59.7. The summed E-state index contributed by atoms with van der Waals surface area (Å²) < 4.78 is 16.9. The van der Waals surface area contributed by atoms with Crippen molar-refractivity contribution in [1.29, 1.82) is 0 Å². The van der Waals surface area contributed by atoms with Crippen LogP contribution in [0.1, 0.15) is 323 Å². The second-order valence-electron chi connectivity index (χ2n) is 21.3. The lowest BCUT2D eigenvalue weighted by Gasteiger charge is -2.18. The van der Waals surface area contributed by atoms with E-state index in [1.807, 2.05) is 0 Å². The zero-order chi connectivity index (χ0) is 53.6. The van der Waals surface area contributed by atoms with Gasteiger partial charge in [-0.3, -0.25) is 14.4 Å². The van der Waals surface area contributed by atoms with Gasteiger partial charge >= 0.3 is 17.9 Å². The van der Waals surface area contributed by atoms with Gasteiger partial charge in [0.15, 0.2) is 6.10 Å². The summed E-state index contributed by atoms with van der Waals surface area (Å²) in [5.41, 5.74) is 0. The maximum absolute atomic E-state index is 12.8. The highest BCUT2D eigenvalue weighted by Crippen LogP contribution is 2.17. The first kappa shape index (κ1) is 70.8. The second-order valence-corrected chi connectivity index (χ2v) is 21.3. The molecule has 0 spiro atoms. The van der Waals surface area contributed by atoms with Gasteiger partial charge in [-0.15, -0.1) is 0 Å². The Balaban J connectivity index is 4.16. The van der Waals surface area contributed by atoms with Crippen LogP contribution in [0.25, 0.3) is 0 Å². The number of hydrogen-bond donors (Lipinski definition) is 0. The Bertz CT molecular complexity index is 1370. The molecule has 0 bridgehead atoms. The molecule has 0 aromatic heterocycles. The highest BCUT2D eigenvalue weighted by atomic mass is 16.6. The molecule has 0 N–H and O–H groups in total. The molecule has 0 aromatic carbocycles. The van der Waals surface area contributed by atoms with Crippen LogP contribution in [0.15, 0.2) is 72.9 Å². The monoisotopic (exact) mass is 1030 g/mol. The summed E-state index contributed by atoms with van der Waals surface area (Å²) in [6.07, 6.45) is 80.6. The Kier molecular flexibility index (Phi) is 59.7. The molecule has 0 heterocycles. The Morgan fingerprint density at radius 2 is 0.527 bits per heavy atom. The van der Waals surface area contributed by atoms with Gasteiger partial charge in [-0.2, -0.15) is 0 Å². The van der Waals surface area contributed by atoms with E-state index < -0.39 is 6.10 Å². The lowest BCUT2D eigenvalue weighted by Crippen LogP contribution is -2.30. The lowest BCUT2D eigenvalue weighted by atomic mass is 10.0. The molecule has 0 amide bonds. The van der Waals surface area contributed by atoms with E-state index in [2.05, 4.69) is 93.7 Å². The third-order valence-corrected chi connectivity index (χ3v) is 14.0. The van der Waals surface area contributed by atoms with E-state index in [1.165, 1.54) is 186 Å². The fourth-order valence-corrected chi connectivity index (χ4v) is 9.21. The first-order chi connectivity index (χ1) is 36.5. The largest absolute Gasteiger partial charge is 0.462 e. The highest BCUT2D eigenvalue weighted by Gasteiger charge is 2.19. The van der Waals surface area contributed by atoms with Crippen LogP contribution in [0.4, 0.5) is 0 Å². The molecule has 0 aliphatic carbocycles. The fraction of sp³-hybridized carbons (Fsp3) is 0.779. The number of hydrogen-bond acceptors (Lipinski definition) is 6. The quantitative estimate of drug-likeness (QED) is 0.0261. The minimum Gasteiger partial charge on any atom is -0.462 e. The average molecular weight is 1030 g/mol. The Labute approximate surface area is 459 Å². The van der Waals surface area contributed by atoms with Crippen molar-refractivity contribution in [3.8, 4) is 0 Å². The number of carbonyl (C=O) groups excluding carboxylic acids is 3. The van der Waals surface area contributed by atoms with Gasteiger partial charge in [0, 0.05) is 19.3 Å². The average Bonchev–Trinajstić information content (AvgIpc) is 3.40. The molecule has 1 atom stereocenters. The standard InChI is InChI=1S/C68H120O6/c1-4-7-10-13-16-19-22-25-26-27-28-29-30-31-32-33-34-35-36-37-38-39-40-41-42-44-46-49-52-55-58-61-67(70)73-64-65(63-72-66(69)60-57-54-51-48-45-24-21-18-15-12-9-6-3)74-68(71)62-59-56-53-50-47-43-23-20-17-14-11-8-5-2/h7,10,16,19,25-26,28-29,31-32,34-35,65H,4-6,8-9,11-15,17-18,20-24,27,30,33,36-64H2,1-3H3/b10-7-,19-16-,26-25-,29-28-,32-31-,35-34-. The van der Waals surface area contributed by atoms with Gasteiger partial charge in [0.05, 0.1) is 0 Å². The van der Waals surface area contributed by atoms with E-state index in [4.69, 9.17) is 14.2 Å². The number of esters is 3. The van der Waals surface area contributed by atoms with E-state index in [0.717, 1.165) is 96.3 Å². The number of rotatable bonds is 58. The first-order valence-electron chi connectivity index (χ1n) is 31.9. The van der Waals surface area contributed by atoms with Crippen LogP contribution >= 0.6 is 0 Å². The van der Waals surface area contributed by atoms with Crippen LogP contribution in [-0.4, -0.2) is 37.2 Å². The van der Waals surface area contributed by atoms with Crippen molar-refractivity contribution in [2.45, 2.75) is 329 Å². The minimum absolute atomic E-state index is 0.0697. The van der Waals surface area contributed by atoms with Crippen molar-refractivity contribution in [3.63, 3.8) is 0 Å². The van der Waals surface area contributed by atoms with E-state index in [1.54, 1.807) is 0 Å². The molecule has 0 aliphatic rings. The molecule has 6 heteroatoms. The highest BCUT2D eigenvalue weighted by molar-refractivity contribution is 5.71. The van der Waals surface area contributed by atoms with Gasteiger partial charge in [0.1, 0.15) is 13.2 Å². The van der Waals surface area contributed by atoms with Crippen LogP contribution in [0.3, 0.4) is 0 Å². The van der Waals surface area contributed by atoms with E-state index in [-0.39, 0.29) is 31.1 Å². The van der Waals surface area contributed by atoms with Crippen LogP contribution in [0, 0.1) is 0 Å². The van der Waals surface area contributed by atoms with Crippen LogP contribution in [0.2, 0.25) is 0 Å². The molecule has 6 nitrogen and oxygen atoms in total. The topological polar surface area (TPSA) is 78.9 Å². The number of ether oxygens (including phenoxy) is 3. The van der Waals surface area contributed by atoms with E-state index >= 15 is 0 Å².